The van der Waals surface area contributed by atoms with Gasteiger partial charge in [0.15, 0.2) is 0 Å². The Morgan fingerprint density at radius 2 is 1.95 bits per heavy atom. The van der Waals surface area contributed by atoms with E-state index in [1.165, 1.54) is 17.8 Å². The summed E-state index contributed by atoms with van der Waals surface area (Å²) in [6, 6.07) is 12.7. The fourth-order valence-electron chi connectivity index (χ4n) is 5.94. The van der Waals surface area contributed by atoms with E-state index in [0.29, 0.717) is 32.1 Å². The Labute approximate surface area is 244 Å². The normalized spacial score (nSPS) is 18.8. The maximum Gasteiger partial charge on any atom is 0.320 e. The van der Waals surface area contributed by atoms with Gasteiger partial charge in [0, 0.05) is 69.3 Å². The van der Waals surface area contributed by atoms with Crippen LogP contribution in [-0.4, -0.2) is 82.0 Å². The second-order valence-electron chi connectivity index (χ2n) is 11.1. The standard InChI is InChI=1S/C31H35FN8O2/c1-20-29(22-11-23-16-38(2)18-27(23)34-14-22)37-40(25-7-5-4-6-8-25)30(20)36-31(41)35-28-19-39(9-10-42-3)17-26(28)21-12-24(32)15-33-13-21/h4-8,11-15,26,28H,9-10,16-19H2,1-3H3,(H2,35,36,41). The minimum Gasteiger partial charge on any atom is -0.383 e. The summed E-state index contributed by atoms with van der Waals surface area (Å²) in [5, 5.41) is 11.2. The van der Waals surface area contributed by atoms with Crippen LogP contribution in [0.15, 0.2) is 61.1 Å². The molecule has 0 spiro atoms. The van der Waals surface area contributed by atoms with Gasteiger partial charge in [-0.2, -0.15) is 5.10 Å². The molecule has 3 aromatic heterocycles. The molecule has 11 heteroatoms. The van der Waals surface area contributed by atoms with Gasteiger partial charge >= 0.3 is 6.03 Å². The summed E-state index contributed by atoms with van der Waals surface area (Å²) in [6.07, 6.45) is 4.72. The average Bonchev–Trinajstić information content (AvgIpc) is 3.66. The monoisotopic (exact) mass is 570 g/mol. The zero-order valence-corrected chi connectivity index (χ0v) is 24.0. The van der Waals surface area contributed by atoms with Crippen LogP contribution in [0.5, 0.6) is 0 Å². The van der Waals surface area contributed by atoms with E-state index in [1.54, 1.807) is 18.0 Å². The Morgan fingerprint density at radius 1 is 1.12 bits per heavy atom. The number of hydrogen-bond donors (Lipinski definition) is 2. The molecule has 5 heterocycles. The van der Waals surface area contributed by atoms with Crippen molar-refractivity contribution in [1.29, 1.82) is 0 Å². The van der Waals surface area contributed by atoms with Crippen molar-refractivity contribution < 1.29 is 13.9 Å². The average molecular weight is 571 g/mol. The van der Waals surface area contributed by atoms with Gasteiger partial charge in [-0.15, -0.1) is 0 Å². The first-order valence-electron chi connectivity index (χ1n) is 14.1. The highest BCUT2D eigenvalue weighted by Crippen LogP contribution is 2.33. The summed E-state index contributed by atoms with van der Waals surface area (Å²) in [5.41, 5.74) is 6.35. The number of benzene rings is 1. The van der Waals surface area contributed by atoms with Crippen LogP contribution in [-0.2, 0) is 17.8 Å². The molecule has 1 saturated heterocycles. The maximum absolute atomic E-state index is 14.1. The summed E-state index contributed by atoms with van der Waals surface area (Å²) in [6.45, 7) is 6.17. The molecule has 2 aliphatic rings. The number of carbonyl (C=O) groups excluding carboxylic acids is 1. The Morgan fingerprint density at radius 3 is 2.74 bits per heavy atom. The zero-order valence-electron chi connectivity index (χ0n) is 24.0. The van der Waals surface area contributed by atoms with Crippen molar-refractivity contribution in [3.8, 4) is 16.9 Å². The molecule has 2 unspecified atom stereocenters. The molecule has 10 nitrogen and oxygen atoms in total. The molecule has 1 aromatic carbocycles. The predicted molar refractivity (Wildman–Crippen MR) is 158 cm³/mol. The number of hydrogen-bond acceptors (Lipinski definition) is 7. The summed E-state index contributed by atoms with van der Waals surface area (Å²) in [7, 11) is 3.74. The molecule has 2 aliphatic heterocycles. The third kappa shape index (κ3) is 5.76. The number of aromatic nitrogens is 4. The second kappa shape index (κ2) is 12.0. The Hall–Kier alpha value is -4.19. The number of nitrogens with one attached hydrogen (secondary N) is 2. The third-order valence-electron chi connectivity index (χ3n) is 8.03. The molecule has 218 valence electrons. The van der Waals surface area contributed by atoms with E-state index in [9.17, 15) is 9.18 Å². The van der Waals surface area contributed by atoms with Crippen molar-refractivity contribution >= 4 is 11.8 Å². The first-order chi connectivity index (χ1) is 20.4. The van der Waals surface area contributed by atoms with Gasteiger partial charge in [-0.3, -0.25) is 25.1 Å². The summed E-state index contributed by atoms with van der Waals surface area (Å²) < 4.78 is 21.1. The fraction of sp³-hybridized carbons (Fsp3) is 0.355. The van der Waals surface area contributed by atoms with Gasteiger partial charge in [-0.05, 0) is 49.4 Å². The number of nitrogens with zero attached hydrogens (tertiary/aromatic N) is 6. The summed E-state index contributed by atoms with van der Waals surface area (Å²) >= 11 is 0. The Kier molecular flexibility index (Phi) is 7.96. The van der Waals surface area contributed by atoms with Crippen LogP contribution in [0.25, 0.3) is 16.9 Å². The van der Waals surface area contributed by atoms with Crippen LogP contribution in [0.1, 0.15) is 28.3 Å². The van der Waals surface area contributed by atoms with E-state index in [-0.39, 0.29) is 18.0 Å². The number of amides is 2. The fourth-order valence-corrected chi connectivity index (χ4v) is 5.94. The largest absolute Gasteiger partial charge is 0.383 e. The molecule has 6 rings (SSSR count). The number of anilines is 1. The van der Waals surface area contributed by atoms with Gasteiger partial charge in [0.1, 0.15) is 11.6 Å². The molecule has 4 aromatic rings. The van der Waals surface area contributed by atoms with Gasteiger partial charge in [0.05, 0.1) is 35.9 Å². The highest BCUT2D eigenvalue weighted by molar-refractivity contribution is 5.91. The Bertz CT molecular complexity index is 1580. The van der Waals surface area contributed by atoms with Gasteiger partial charge < -0.3 is 10.1 Å². The van der Waals surface area contributed by atoms with Crippen molar-refractivity contribution in [1.82, 2.24) is 34.9 Å². The van der Waals surface area contributed by atoms with Gasteiger partial charge in [0.25, 0.3) is 0 Å². The minimum atomic E-state index is -0.395. The van der Waals surface area contributed by atoms with Crippen molar-refractivity contribution in [3.05, 3.63) is 89.3 Å². The number of halogens is 1. The van der Waals surface area contributed by atoms with E-state index in [0.717, 1.165) is 46.9 Å². The van der Waals surface area contributed by atoms with Gasteiger partial charge in [-0.25, -0.2) is 13.9 Å². The van der Waals surface area contributed by atoms with Crippen LogP contribution in [0.4, 0.5) is 15.0 Å². The van der Waals surface area contributed by atoms with Gasteiger partial charge in [-0.1, -0.05) is 18.2 Å². The molecule has 0 radical (unpaired) electrons. The molecule has 2 N–H and O–H groups in total. The van der Waals surface area contributed by atoms with E-state index in [4.69, 9.17) is 14.8 Å². The lowest BCUT2D eigenvalue weighted by atomic mass is 9.96. The number of fused-ring (bicyclic) bond motifs is 1. The topological polar surface area (TPSA) is 100 Å². The van der Waals surface area contributed by atoms with Crippen LogP contribution in [0.3, 0.4) is 0 Å². The summed E-state index contributed by atoms with van der Waals surface area (Å²) in [4.78, 5) is 26.8. The van der Waals surface area contributed by atoms with Crippen molar-refractivity contribution in [2.75, 3.05) is 45.7 Å². The lowest BCUT2D eigenvalue weighted by molar-refractivity contribution is 0.159. The molecule has 1 fully saturated rings. The van der Waals surface area contributed by atoms with E-state index < -0.39 is 5.82 Å². The lowest BCUT2D eigenvalue weighted by Gasteiger charge is -2.21. The van der Waals surface area contributed by atoms with Crippen LogP contribution in [0.2, 0.25) is 0 Å². The Balaban J connectivity index is 1.28. The highest BCUT2D eigenvalue weighted by Gasteiger charge is 2.35. The summed E-state index contributed by atoms with van der Waals surface area (Å²) in [5.74, 6) is 0.0558. The number of methoxy groups -OCH3 is 1. The number of ether oxygens (including phenoxy) is 1. The van der Waals surface area contributed by atoms with E-state index in [2.05, 4.69) is 38.5 Å². The van der Waals surface area contributed by atoms with Crippen molar-refractivity contribution in [3.63, 3.8) is 0 Å². The molecule has 0 aliphatic carbocycles. The van der Waals surface area contributed by atoms with Crippen LogP contribution >= 0.6 is 0 Å². The second-order valence-corrected chi connectivity index (χ2v) is 11.1. The van der Waals surface area contributed by atoms with Gasteiger partial charge in [0.2, 0.25) is 0 Å². The number of para-hydroxylation sites is 1. The first kappa shape index (κ1) is 28.0. The SMILES string of the molecule is COCCN1CC(NC(=O)Nc2c(C)c(-c3cnc4c(c3)CN(C)C4)nn2-c2ccccc2)C(c2cncc(F)c2)C1. The molecule has 0 bridgehead atoms. The van der Waals surface area contributed by atoms with Crippen molar-refractivity contribution in [2.45, 2.75) is 32.0 Å². The molecule has 0 saturated carbocycles. The molecule has 2 atom stereocenters. The predicted octanol–water partition coefficient (Wildman–Crippen LogP) is 3.96. The zero-order chi connectivity index (χ0) is 29.2. The number of urea groups is 1. The number of likely N-dealkylation sites (tertiary alicyclic amines) is 1. The smallest absolute Gasteiger partial charge is 0.320 e. The first-order valence-corrected chi connectivity index (χ1v) is 14.1. The third-order valence-corrected chi connectivity index (χ3v) is 8.03. The van der Waals surface area contributed by atoms with Crippen LogP contribution in [0, 0.1) is 12.7 Å². The number of carbonyl (C=O) groups is 1. The number of pyridine rings is 2. The molecule has 2 amide bonds. The van der Waals surface area contributed by atoms with Crippen molar-refractivity contribution in [2.24, 2.45) is 0 Å². The van der Waals surface area contributed by atoms with E-state index in [1.807, 2.05) is 43.5 Å². The maximum atomic E-state index is 14.1. The number of rotatable bonds is 8. The minimum absolute atomic E-state index is 0.123. The van der Waals surface area contributed by atoms with Crippen LogP contribution < -0.4 is 10.6 Å². The molecular weight excluding hydrogens is 535 g/mol. The quantitative estimate of drug-likeness (QED) is 0.331. The molecule has 42 heavy (non-hydrogen) atoms. The lowest BCUT2D eigenvalue weighted by Crippen LogP contribution is -2.42. The highest BCUT2D eigenvalue weighted by atomic mass is 19.1. The van der Waals surface area contributed by atoms with E-state index >= 15 is 0 Å². The molecular formula is C31H35FN8O2.